The van der Waals surface area contributed by atoms with Crippen LogP contribution in [0.3, 0.4) is 0 Å². The fraction of sp³-hybridized carbons (Fsp3) is 0. The quantitative estimate of drug-likeness (QED) is 0.548. The lowest BCUT2D eigenvalue weighted by molar-refractivity contribution is 0.0696. The van der Waals surface area contributed by atoms with Gasteiger partial charge in [-0.15, -0.1) is 0 Å². The molecule has 0 aliphatic carbocycles. The largest absolute Gasteiger partial charge is 0.506 e. The van der Waals surface area contributed by atoms with Crippen LogP contribution in [0.2, 0.25) is 0 Å². The number of aromatic hydroxyl groups is 3. The van der Waals surface area contributed by atoms with Crippen LogP contribution in [0.15, 0.2) is 36.4 Å². The van der Waals surface area contributed by atoms with E-state index in [1.165, 1.54) is 24.3 Å². The second-order valence-corrected chi connectivity index (χ2v) is 4.16. The Bertz CT molecular complexity index is 725. The molecule has 2 rings (SSSR count). The Balaban J connectivity index is 2.33. The zero-order valence-corrected chi connectivity index (χ0v) is 10.6. The van der Waals surface area contributed by atoms with E-state index in [1.807, 2.05) is 0 Å². The van der Waals surface area contributed by atoms with Crippen LogP contribution in [-0.2, 0) is 0 Å². The first kappa shape index (κ1) is 14.2. The summed E-state index contributed by atoms with van der Waals surface area (Å²) in [5.74, 6) is -3.42. The van der Waals surface area contributed by atoms with E-state index in [2.05, 4.69) is 5.32 Å². The number of anilines is 1. The van der Waals surface area contributed by atoms with Crippen molar-refractivity contribution in [3.63, 3.8) is 0 Å². The minimum atomic E-state index is -1.22. The molecule has 0 atom stereocenters. The second-order valence-electron chi connectivity index (χ2n) is 4.16. The standard InChI is InChI=1S/C14H11NO6/c16-10-5-4-7(14(20)21)6-9(10)15-13(19)8-2-1-3-11(17)12(8)18/h1-6,16-18H,(H,15,19)(H,20,21). The van der Waals surface area contributed by atoms with E-state index >= 15 is 0 Å². The summed E-state index contributed by atoms with van der Waals surface area (Å²) < 4.78 is 0. The molecule has 108 valence electrons. The zero-order chi connectivity index (χ0) is 15.6. The van der Waals surface area contributed by atoms with E-state index < -0.39 is 23.4 Å². The van der Waals surface area contributed by atoms with Gasteiger partial charge in [-0.1, -0.05) is 6.07 Å². The van der Waals surface area contributed by atoms with Crippen LogP contribution in [0, 0.1) is 0 Å². The number of rotatable bonds is 3. The Hall–Kier alpha value is -3.22. The SMILES string of the molecule is O=C(O)c1ccc(O)c(NC(=O)c2cccc(O)c2O)c1. The lowest BCUT2D eigenvalue weighted by Gasteiger charge is -2.09. The van der Waals surface area contributed by atoms with Crippen molar-refractivity contribution in [1.29, 1.82) is 0 Å². The fourth-order valence-corrected chi connectivity index (χ4v) is 1.67. The Morgan fingerprint density at radius 2 is 1.67 bits per heavy atom. The monoisotopic (exact) mass is 289 g/mol. The smallest absolute Gasteiger partial charge is 0.335 e. The van der Waals surface area contributed by atoms with Crippen molar-refractivity contribution in [2.75, 3.05) is 5.32 Å². The molecule has 7 nitrogen and oxygen atoms in total. The lowest BCUT2D eigenvalue weighted by atomic mass is 10.1. The number of para-hydroxylation sites is 1. The molecule has 0 saturated heterocycles. The van der Waals surface area contributed by atoms with Gasteiger partial charge in [0.05, 0.1) is 16.8 Å². The molecule has 0 saturated carbocycles. The Labute approximate surface area is 118 Å². The summed E-state index contributed by atoms with van der Waals surface area (Å²) in [6.07, 6.45) is 0. The molecule has 2 aromatic rings. The summed E-state index contributed by atoms with van der Waals surface area (Å²) in [6, 6.07) is 7.21. The minimum absolute atomic E-state index is 0.122. The normalized spacial score (nSPS) is 10.1. The maximum absolute atomic E-state index is 12.0. The number of hydrogen-bond donors (Lipinski definition) is 5. The number of phenolic OH excluding ortho intramolecular Hbond substituents is 3. The second kappa shape index (κ2) is 5.41. The highest BCUT2D eigenvalue weighted by Crippen LogP contribution is 2.30. The molecule has 21 heavy (non-hydrogen) atoms. The van der Waals surface area contributed by atoms with Crippen LogP contribution in [0.1, 0.15) is 20.7 Å². The number of amides is 1. The van der Waals surface area contributed by atoms with Gasteiger partial charge in [-0.05, 0) is 30.3 Å². The van der Waals surface area contributed by atoms with Crippen molar-refractivity contribution in [1.82, 2.24) is 0 Å². The molecule has 0 bridgehead atoms. The summed E-state index contributed by atoms with van der Waals surface area (Å²) >= 11 is 0. The zero-order valence-electron chi connectivity index (χ0n) is 10.6. The highest BCUT2D eigenvalue weighted by atomic mass is 16.4. The predicted octanol–water partition coefficient (Wildman–Crippen LogP) is 1.75. The molecule has 1 amide bonds. The molecule has 0 spiro atoms. The van der Waals surface area contributed by atoms with E-state index in [1.54, 1.807) is 0 Å². The Morgan fingerprint density at radius 1 is 0.952 bits per heavy atom. The molecule has 0 unspecified atom stereocenters. The van der Waals surface area contributed by atoms with Crippen molar-refractivity contribution in [2.24, 2.45) is 0 Å². The van der Waals surface area contributed by atoms with Crippen LogP contribution >= 0.6 is 0 Å². The third-order valence-electron chi connectivity index (χ3n) is 2.75. The van der Waals surface area contributed by atoms with Crippen molar-refractivity contribution in [3.8, 4) is 17.2 Å². The lowest BCUT2D eigenvalue weighted by Crippen LogP contribution is -2.12. The number of nitrogens with one attached hydrogen (secondary N) is 1. The molecular formula is C14H11NO6. The van der Waals surface area contributed by atoms with Crippen LogP contribution < -0.4 is 5.32 Å². The van der Waals surface area contributed by atoms with Gasteiger partial charge < -0.3 is 25.7 Å². The predicted molar refractivity (Wildman–Crippen MR) is 72.8 cm³/mol. The van der Waals surface area contributed by atoms with Gasteiger partial charge in [0.15, 0.2) is 11.5 Å². The minimum Gasteiger partial charge on any atom is -0.506 e. The number of carboxylic acids is 1. The van der Waals surface area contributed by atoms with Crippen molar-refractivity contribution < 1.29 is 30.0 Å². The first-order chi connectivity index (χ1) is 9.90. The van der Waals surface area contributed by atoms with Crippen LogP contribution in [0.25, 0.3) is 0 Å². The van der Waals surface area contributed by atoms with E-state index in [-0.39, 0.29) is 22.6 Å². The van der Waals surface area contributed by atoms with Crippen molar-refractivity contribution in [2.45, 2.75) is 0 Å². The summed E-state index contributed by atoms with van der Waals surface area (Å²) in [6.45, 7) is 0. The molecule has 7 heteroatoms. The molecular weight excluding hydrogens is 278 g/mol. The summed E-state index contributed by atoms with van der Waals surface area (Å²) in [5, 5.41) is 39.7. The average Bonchev–Trinajstić information content (AvgIpc) is 2.43. The summed E-state index contributed by atoms with van der Waals surface area (Å²) in [4.78, 5) is 22.8. The van der Waals surface area contributed by atoms with Gasteiger partial charge in [-0.2, -0.15) is 0 Å². The summed E-state index contributed by atoms with van der Waals surface area (Å²) in [7, 11) is 0. The molecule has 0 aliphatic heterocycles. The van der Waals surface area contributed by atoms with Gasteiger partial charge in [0.25, 0.3) is 5.91 Å². The number of carbonyl (C=O) groups is 2. The van der Waals surface area contributed by atoms with E-state index in [9.17, 15) is 24.9 Å². The van der Waals surface area contributed by atoms with Gasteiger partial charge in [0.1, 0.15) is 5.75 Å². The maximum Gasteiger partial charge on any atom is 0.335 e. The first-order valence-corrected chi connectivity index (χ1v) is 5.78. The Morgan fingerprint density at radius 3 is 2.33 bits per heavy atom. The maximum atomic E-state index is 12.0. The van der Waals surface area contributed by atoms with Gasteiger partial charge in [-0.3, -0.25) is 4.79 Å². The van der Waals surface area contributed by atoms with Gasteiger partial charge >= 0.3 is 5.97 Å². The molecule has 2 aromatic carbocycles. The molecule has 0 heterocycles. The topological polar surface area (TPSA) is 127 Å². The van der Waals surface area contributed by atoms with Crippen LogP contribution in [0.4, 0.5) is 5.69 Å². The summed E-state index contributed by atoms with van der Waals surface area (Å²) in [5.41, 5.74) is -0.457. The molecule has 0 aliphatic rings. The third kappa shape index (κ3) is 2.86. The number of carbonyl (C=O) groups excluding carboxylic acids is 1. The Kier molecular flexibility index (Phi) is 3.66. The van der Waals surface area contributed by atoms with Gasteiger partial charge in [0, 0.05) is 0 Å². The number of benzene rings is 2. The van der Waals surface area contributed by atoms with Crippen LogP contribution in [-0.4, -0.2) is 32.3 Å². The number of carboxylic acid groups (broad SMARTS) is 1. The number of aromatic carboxylic acids is 1. The van der Waals surface area contributed by atoms with E-state index in [0.29, 0.717) is 0 Å². The van der Waals surface area contributed by atoms with E-state index in [0.717, 1.165) is 12.1 Å². The average molecular weight is 289 g/mol. The van der Waals surface area contributed by atoms with Crippen molar-refractivity contribution >= 4 is 17.6 Å². The van der Waals surface area contributed by atoms with Gasteiger partial charge in [0.2, 0.25) is 0 Å². The molecule has 5 N–H and O–H groups in total. The highest BCUT2D eigenvalue weighted by Gasteiger charge is 2.16. The van der Waals surface area contributed by atoms with E-state index in [4.69, 9.17) is 5.11 Å². The van der Waals surface area contributed by atoms with Gasteiger partial charge in [-0.25, -0.2) is 4.79 Å². The third-order valence-corrected chi connectivity index (χ3v) is 2.75. The molecule has 0 aromatic heterocycles. The highest BCUT2D eigenvalue weighted by molar-refractivity contribution is 6.07. The fourth-order valence-electron chi connectivity index (χ4n) is 1.67. The molecule has 0 fully saturated rings. The first-order valence-electron chi connectivity index (χ1n) is 5.78. The number of phenols is 3. The number of hydrogen-bond acceptors (Lipinski definition) is 5. The van der Waals surface area contributed by atoms with Crippen molar-refractivity contribution in [3.05, 3.63) is 47.5 Å². The molecule has 0 radical (unpaired) electrons. The van der Waals surface area contributed by atoms with Crippen LogP contribution in [0.5, 0.6) is 17.2 Å².